The van der Waals surface area contributed by atoms with Crippen molar-refractivity contribution in [1.82, 2.24) is 0 Å². The van der Waals surface area contributed by atoms with Crippen molar-refractivity contribution >= 4 is 0 Å². The van der Waals surface area contributed by atoms with Gasteiger partial charge in [0, 0.05) is 11.1 Å². The smallest absolute Gasteiger partial charge is 0.201 e. The molecule has 2 atom stereocenters. The molecular weight excluding hydrogens is 472 g/mol. The van der Waals surface area contributed by atoms with Crippen LogP contribution in [-0.2, 0) is 11.3 Å². The van der Waals surface area contributed by atoms with Crippen LogP contribution in [0.15, 0.2) is 48.5 Å². The number of ether oxygens (including phenoxy) is 2. The van der Waals surface area contributed by atoms with Gasteiger partial charge in [-0.15, -0.1) is 0 Å². The minimum absolute atomic E-state index is 0.0131. The van der Waals surface area contributed by atoms with Gasteiger partial charge in [-0.25, -0.2) is 13.2 Å². The molecule has 0 spiro atoms. The molecule has 190 valence electrons. The van der Waals surface area contributed by atoms with Gasteiger partial charge in [-0.3, -0.25) is 0 Å². The van der Waals surface area contributed by atoms with Crippen molar-refractivity contribution in [2.75, 3.05) is 6.61 Å². The number of benzene rings is 3. The van der Waals surface area contributed by atoms with E-state index < -0.39 is 29.4 Å². The van der Waals surface area contributed by atoms with E-state index in [1.54, 1.807) is 43.3 Å². The van der Waals surface area contributed by atoms with Crippen molar-refractivity contribution in [3.8, 4) is 16.9 Å². The molecule has 3 aromatic rings. The molecule has 0 bridgehead atoms. The number of halogens is 4. The van der Waals surface area contributed by atoms with E-state index in [-0.39, 0.29) is 41.4 Å². The lowest BCUT2D eigenvalue weighted by atomic mass is 9.76. The van der Waals surface area contributed by atoms with Crippen molar-refractivity contribution in [3.63, 3.8) is 0 Å². The molecule has 1 saturated heterocycles. The molecule has 2 unspecified atom stereocenters. The summed E-state index contributed by atoms with van der Waals surface area (Å²) in [6, 6.07) is 12.7. The lowest BCUT2D eigenvalue weighted by Gasteiger charge is -2.30. The number of aliphatic hydroxyl groups is 1. The first-order valence-electron chi connectivity index (χ1n) is 12.3. The van der Waals surface area contributed by atoms with E-state index in [1.165, 1.54) is 12.1 Å². The third-order valence-corrected chi connectivity index (χ3v) is 7.42. The Bertz CT molecular complexity index is 1230. The van der Waals surface area contributed by atoms with Gasteiger partial charge in [0.1, 0.15) is 12.7 Å². The Labute approximate surface area is 207 Å². The monoisotopic (exact) mass is 500 g/mol. The van der Waals surface area contributed by atoms with E-state index >= 15 is 8.78 Å². The van der Waals surface area contributed by atoms with Crippen LogP contribution in [0.3, 0.4) is 0 Å². The quantitative estimate of drug-likeness (QED) is 0.275. The van der Waals surface area contributed by atoms with Crippen LogP contribution in [0.2, 0.25) is 0 Å². The third kappa shape index (κ3) is 5.00. The minimum atomic E-state index is -1.06. The van der Waals surface area contributed by atoms with E-state index in [9.17, 15) is 13.9 Å². The molecule has 7 heteroatoms. The second-order valence-electron chi connectivity index (χ2n) is 9.77. The Balaban J connectivity index is 1.26. The van der Waals surface area contributed by atoms with Crippen LogP contribution in [0.25, 0.3) is 11.1 Å². The maximum Gasteiger partial charge on any atom is 0.201 e. The van der Waals surface area contributed by atoms with Gasteiger partial charge in [0.2, 0.25) is 5.82 Å². The molecule has 2 aliphatic rings. The van der Waals surface area contributed by atoms with Crippen molar-refractivity contribution in [1.29, 1.82) is 0 Å². The van der Waals surface area contributed by atoms with Gasteiger partial charge in [-0.1, -0.05) is 36.4 Å². The summed E-state index contributed by atoms with van der Waals surface area (Å²) in [7, 11) is 0. The first-order valence-corrected chi connectivity index (χ1v) is 12.3. The maximum atomic E-state index is 15.0. The van der Waals surface area contributed by atoms with E-state index in [0.717, 1.165) is 25.7 Å². The minimum Gasteiger partial charge on any atom is -0.486 e. The Morgan fingerprint density at radius 3 is 2.11 bits per heavy atom. The highest BCUT2D eigenvalue weighted by Crippen LogP contribution is 2.40. The van der Waals surface area contributed by atoms with E-state index in [0.29, 0.717) is 23.3 Å². The highest BCUT2D eigenvalue weighted by Gasteiger charge is 2.31. The van der Waals surface area contributed by atoms with Crippen molar-refractivity contribution < 1.29 is 32.1 Å². The standard InChI is InChI=1S/C29H28F4O3/c1-16(34)18-6-8-20(9-7-18)22-11-10-21(26(30)27(22)31)19-4-2-17(3-5-19)14-35-24-13-12-23(25-15-36-25)28(32)29(24)33/h2-5,10-13,16,18,20,25,34H,6-9,14-15H2,1H3. The lowest BCUT2D eigenvalue weighted by molar-refractivity contribution is 0.0964. The van der Waals surface area contributed by atoms with Gasteiger partial charge in [-0.05, 0) is 73.3 Å². The highest BCUT2D eigenvalue weighted by atomic mass is 19.2. The second kappa shape index (κ2) is 10.2. The summed E-state index contributed by atoms with van der Waals surface area (Å²) in [5.74, 6) is -3.78. The van der Waals surface area contributed by atoms with Crippen LogP contribution in [-0.4, -0.2) is 17.8 Å². The summed E-state index contributed by atoms with van der Waals surface area (Å²) in [4.78, 5) is 0. The van der Waals surface area contributed by atoms with Crippen LogP contribution < -0.4 is 4.74 Å². The number of hydrogen-bond acceptors (Lipinski definition) is 3. The highest BCUT2D eigenvalue weighted by molar-refractivity contribution is 5.65. The first kappa shape index (κ1) is 24.8. The Kier molecular flexibility index (Phi) is 7.04. The number of aliphatic hydroxyl groups excluding tert-OH is 1. The van der Waals surface area contributed by atoms with Gasteiger partial charge in [0.05, 0.1) is 12.7 Å². The molecule has 36 heavy (non-hydrogen) atoms. The average Bonchev–Trinajstić information content (AvgIpc) is 3.72. The molecule has 1 N–H and O–H groups in total. The molecule has 0 radical (unpaired) electrons. The van der Waals surface area contributed by atoms with E-state index in [2.05, 4.69) is 0 Å². The van der Waals surface area contributed by atoms with E-state index in [1.807, 2.05) is 0 Å². The molecule has 1 aliphatic heterocycles. The average molecular weight is 501 g/mol. The molecular formula is C29H28F4O3. The van der Waals surface area contributed by atoms with E-state index in [4.69, 9.17) is 9.47 Å². The van der Waals surface area contributed by atoms with Crippen molar-refractivity contribution in [3.05, 3.63) is 88.5 Å². The lowest BCUT2D eigenvalue weighted by Crippen LogP contribution is -2.23. The molecule has 2 fully saturated rings. The largest absolute Gasteiger partial charge is 0.486 e. The predicted octanol–water partition coefficient (Wildman–Crippen LogP) is 7.21. The fourth-order valence-electron chi connectivity index (χ4n) is 5.09. The molecule has 5 rings (SSSR count). The molecule has 0 aromatic heterocycles. The summed E-state index contributed by atoms with van der Waals surface area (Å²) in [5.41, 5.74) is 1.90. The Morgan fingerprint density at radius 1 is 0.833 bits per heavy atom. The van der Waals surface area contributed by atoms with Crippen LogP contribution in [0.5, 0.6) is 5.75 Å². The van der Waals surface area contributed by atoms with Crippen molar-refractivity contribution in [2.45, 2.75) is 57.3 Å². The van der Waals surface area contributed by atoms with Gasteiger partial charge in [-0.2, -0.15) is 4.39 Å². The van der Waals surface area contributed by atoms with Gasteiger partial charge in [0.25, 0.3) is 0 Å². The molecule has 1 heterocycles. The zero-order valence-electron chi connectivity index (χ0n) is 19.9. The SMILES string of the molecule is CC(O)C1CCC(c2ccc(-c3ccc(COc4ccc(C5CO5)c(F)c4F)cc3)c(F)c2F)CC1. The zero-order chi connectivity index (χ0) is 25.4. The summed E-state index contributed by atoms with van der Waals surface area (Å²) >= 11 is 0. The van der Waals surface area contributed by atoms with Crippen LogP contribution in [0.1, 0.15) is 61.3 Å². The number of epoxide rings is 1. The molecule has 3 aromatic carbocycles. The van der Waals surface area contributed by atoms with Crippen LogP contribution >= 0.6 is 0 Å². The normalized spacial score (nSPS) is 22.3. The number of hydrogen-bond donors (Lipinski definition) is 1. The molecule has 1 saturated carbocycles. The van der Waals surface area contributed by atoms with Crippen LogP contribution in [0, 0.1) is 29.2 Å². The Morgan fingerprint density at radius 2 is 1.47 bits per heavy atom. The molecule has 0 amide bonds. The summed E-state index contributed by atoms with van der Waals surface area (Å²) in [6.45, 7) is 2.14. The maximum absolute atomic E-state index is 15.0. The summed E-state index contributed by atoms with van der Waals surface area (Å²) in [5, 5.41) is 9.78. The number of rotatable bonds is 7. The van der Waals surface area contributed by atoms with Gasteiger partial charge >= 0.3 is 0 Å². The third-order valence-electron chi connectivity index (χ3n) is 7.42. The van der Waals surface area contributed by atoms with Crippen molar-refractivity contribution in [2.24, 2.45) is 5.92 Å². The molecule has 1 aliphatic carbocycles. The van der Waals surface area contributed by atoms with Gasteiger partial charge in [0.15, 0.2) is 23.2 Å². The zero-order valence-corrected chi connectivity index (χ0v) is 19.9. The Hall–Kier alpha value is -2.90. The fourth-order valence-corrected chi connectivity index (χ4v) is 5.09. The molecule has 3 nitrogen and oxygen atoms in total. The fraction of sp³-hybridized carbons (Fsp3) is 0.379. The van der Waals surface area contributed by atoms with Crippen LogP contribution in [0.4, 0.5) is 17.6 Å². The summed E-state index contributed by atoms with van der Waals surface area (Å²) < 4.78 is 69.0. The first-order chi connectivity index (χ1) is 17.3. The topological polar surface area (TPSA) is 42.0 Å². The second-order valence-corrected chi connectivity index (χ2v) is 9.77. The van der Waals surface area contributed by atoms with Gasteiger partial charge < -0.3 is 14.6 Å². The summed E-state index contributed by atoms with van der Waals surface area (Å²) in [6.07, 6.45) is 2.26. The predicted molar refractivity (Wildman–Crippen MR) is 128 cm³/mol.